The number of ether oxygens (including phenoxy) is 2. The van der Waals surface area contributed by atoms with Crippen molar-refractivity contribution in [1.82, 2.24) is 10.3 Å². The van der Waals surface area contributed by atoms with Crippen LogP contribution in [0.3, 0.4) is 0 Å². The van der Waals surface area contributed by atoms with Crippen molar-refractivity contribution in [2.75, 3.05) is 7.11 Å². The van der Waals surface area contributed by atoms with Crippen molar-refractivity contribution < 1.29 is 23.9 Å². The summed E-state index contributed by atoms with van der Waals surface area (Å²) in [7, 11) is 1.16. The average Bonchev–Trinajstić information content (AvgIpc) is 2.92. The van der Waals surface area contributed by atoms with Crippen molar-refractivity contribution in [3.63, 3.8) is 0 Å². The first-order valence-electron chi connectivity index (χ1n) is 7.41. The van der Waals surface area contributed by atoms with Gasteiger partial charge in [0, 0.05) is 23.6 Å². The van der Waals surface area contributed by atoms with Gasteiger partial charge in [-0.25, -0.2) is 9.59 Å². The van der Waals surface area contributed by atoms with Gasteiger partial charge in [0.25, 0.3) is 5.78 Å². The molecule has 0 unspecified atom stereocenters. The Morgan fingerprint density at radius 2 is 1.92 bits per heavy atom. The third kappa shape index (κ3) is 4.13. The summed E-state index contributed by atoms with van der Waals surface area (Å²) in [5.41, 5.74) is 1.14. The number of carbonyl (C=O) groups excluding carboxylic acids is 3. The van der Waals surface area contributed by atoms with Gasteiger partial charge in [0.1, 0.15) is 5.60 Å². The van der Waals surface area contributed by atoms with E-state index in [1.807, 2.05) is 6.07 Å². The lowest BCUT2D eigenvalue weighted by atomic mass is 10.1. The van der Waals surface area contributed by atoms with Crippen molar-refractivity contribution in [3.05, 3.63) is 35.5 Å². The van der Waals surface area contributed by atoms with Crippen LogP contribution < -0.4 is 5.32 Å². The average molecular weight is 332 g/mol. The Labute approximate surface area is 139 Å². The second-order valence-electron chi connectivity index (χ2n) is 6.26. The van der Waals surface area contributed by atoms with Gasteiger partial charge >= 0.3 is 12.1 Å². The zero-order valence-electron chi connectivity index (χ0n) is 14.1. The molecule has 0 spiro atoms. The van der Waals surface area contributed by atoms with Crippen LogP contribution in [0.2, 0.25) is 0 Å². The van der Waals surface area contributed by atoms with Crippen molar-refractivity contribution >= 4 is 28.7 Å². The van der Waals surface area contributed by atoms with Crippen LogP contribution in [0, 0.1) is 0 Å². The highest BCUT2D eigenvalue weighted by Crippen LogP contribution is 2.21. The number of H-pyrrole nitrogens is 1. The number of fused-ring (bicyclic) bond motifs is 1. The Balaban J connectivity index is 2.17. The van der Waals surface area contributed by atoms with Gasteiger partial charge in [0.2, 0.25) is 0 Å². The minimum atomic E-state index is -0.923. The van der Waals surface area contributed by atoms with Crippen molar-refractivity contribution in [2.45, 2.75) is 32.9 Å². The van der Waals surface area contributed by atoms with Gasteiger partial charge in [-0.15, -0.1) is 0 Å². The van der Waals surface area contributed by atoms with Crippen LogP contribution in [0.1, 0.15) is 36.7 Å². The molecule has 0 bridgehead atoms. The summed E-state index contributed by atoms with van der Waals surface area (Å²) in [5, 5.41) is 3.24. The lowest BCUT2D eigenvalue weighted by Gasteiger charge is -2.19. The maximum absolute atomic E-state index is 12.0. The van der Waals surface area contributed by atoms with E-state index in [-0.39, 0.29) is 12.1 Å². The number of aromatic nitrogens is 1. The molecule has 1 heterocycles. The van der Waals surface area contributed by atoms with Gasteiger partial charge in [-0.1, -0.05) is 6.07 Å². The summed E-state index contributed by atoms with van der Waals surface area (Å²) in [6.07, 6.45) is 0.942. The van der Waals surface area contributed by atoms with E-state index in [0.717, 1.165) is 12.7 Å². The van der Waals surface area contributed by atoms with Crippen molar-refractivity contribution in [2.24, 2.45) is 0 Å². The van der Waals surface area contributed by atoms with Crippen LogP contribution in [0.4, 0.5) is 4.79 Å². The highest BCUT2D eigenvalue weighted by molar-refractivity contribution is 6.42. The molecule has 1 aromatic heterocycles. The quantitative estimate of drug-likeness (QED) is 0.509. The standard InChI is InChI=1S/C17H20N2O5/c1-17(2,3)24-16(22)19-8-10-5-6-13-11(7-10)12(9-18-13)14(20)15(21)23-4/h5-7,9,18H,8H2,1-4H3,(H,19,22). The molecule has 128 valence electrons. The number of carbonyl (C=O) groups is 3. The molecular weight excluding hydrogens is 312 g/mol. The van der Waals surface area contributed by atoms with E-state index in [0.29, 0.717) is 10.9 Å². The maximum Gasteiger partial charge on any atom is 0.407 e. The summed E-state index contributed by atoms with van der Waals surface area (Å²) < 4.78 is 9.63. The Morgan fingerprint density at radius 1 is 1.21 bits per heavy atom. The molecule has 7 nitrogen and oxygen atoms in total. The van der Waals surface area contributed by atoms with E-state index in [1.54, 1.807) is 32.9 Å². The number of hydrogen-bond acceptors (Lipinski definition) is 5. The second-order valence-corrected chi connectivity index (χ2v) is 6.26. The lowest BCUT2D eigenvalue weighted by molar-refractivity contribution is -0.135. The number of Topliss-reactive ketones (excluding diaryl/α,β-unsaturated/α-hetero) is 1. The fourth-order valence-corrected chi connectivity index (χ4v) is 2.16. The Bertz CT molecular complexity index is 786. The highest BCUT2D eigenvalue weighted by atomic mass is 16.6. The number of nitrogens with one attached hydrogen (secondary N) is 2. The third-order valence-corrected chi connectivity index (χ3v) is 3.20. The predicted octanol–water partition coefficient (Wildman–Crippen LogP) is 2.55. The molecule has 0 saturated heterocycles. The molecule has 0 radical (unpaired) electrons. The number of hydrogen-bond donors (Lipinski definition) is 2. The first kappa shape index (κ1) is 17.5. The van der Waals surface area contributed by atoms with Crippen LogP contribution in [0.25, 0.3) is 10.9 Å². The zero-order valence-corrected chi connectivity index (χ0v) is 14.1. The topological polar surface area (TPSA) is 97.5 Å². The number of alkyl carbamates (subject to hydrolysis) is 1. The molecule has 2 rings (SSSR count). The van der Waals surface area contributed by atoms with Crippen LogP contribution in [-0.2, 0) is 20.8 Å². The van der Waals surface area contributed by atoms with Gasteiger partial charge in [-0.05, 0) is 38.5 Å². The Hall–Kier alpha value is -2.83. The number of esters is 1. The molecule has 0 aliphatic heterocycles. The second kappa shape index (κ2) is 6.74. The summed E-state index contributed by atoms with van der Waals surface area (Å²) in [4.78, 5) is 38.1. The van der Waals surface area contributed by atoms with E-state index in [4.69, 9.17) is 4.74 Å². The fourth-order valence-electron chi connectivity index (χ4n) is 2.16. The minimum absolute atomic E-state index is 0.232. The minimum Gasteiger partial charge on any atom is -0.463 e. The van der Waals surface area contributed by atoms with Crippen molar-refractivity contribution in [1.29, 1.82) is 0 Å². The van der Waals surface area contributed by atoms with Crippen LogP contribution >= 0.6 is 0 Å². The molecule has 2 N–H and O–H groups in total. The van der Waals surface area contributed by atoms with E-state index in [2.05, 4.69) is 15.0 Å². The van der Waals surface area contributed by atoms with E-state index >= 15 is 0 Å². The van der Waals surface area contributed by atoms with Gasteiger partial charge in [-0.3, -0.25) is 4.79 Å². The first-order chi connectivity index (χ1) is 11.2. The number of aromatic amines is 1. The smallest absolute Gasteiger partial charge is 0.407 e. The van der Waals surface area contributed by atoms with Crippen molar-refractivity contribution in [3.8, 4) is 0 Å². The van der Waals surface area contributed by atoms with E-state index < -0.39 is 23.4 Å². The number of rotatable bonds is 4. The van der Waals surface area contributed by atoms with Crippen LogP contribution in [-0.4, -0.2) is 35.5 Å². The number of ketones is 1. The lowest BCUT2D eigenvalue weighted by Crippen LogP contribution is -2.32. The molecule has 0 atom stereocenters. The Kier molecular flexibility index (Phi) is 4.92. The number of benzene rings is 1. The van der Waals surface area contributed by atoms with E-state index in [9.17, 15) is 14.4 Å². The first-order valence-corrected chi connectivity index (χ1v) is 7.41. The molecule has 24 heavy (non-hydrogen) atoms. The summed E-state index contributed by atoms with van der Waals surface area (Å²) in [6, 6.07) is 5.32. The summed E-state index contributed by atoms with van der Waals surface area (Å²) in [5.74, 6) is -1.64. The normalized spacial score (nSPS) is 11.2. The van der Waals surface area contributed by atoms with Gasteiger partial charge in [0.15, 0.2) is 0 Å². The van der Waals surface area contributed by atoms with E-state index in [1.165, 1.54) is 6.20 Å². The maximum atomic E-state index is 12.0. The molecule has 7 heteroatoms. The Morgan fingerprint density at radius 3 is 2.54 bits per heavy atom. The molecule has 0 aliphatic carbocycles. The van der Waals surface area contributed by atoms with Crippen LogP contribution in [0.5, 0.6) is 0 Å². The number of amides is 1. The molecular formula is C17H20N2O5. The fraction of sp³-hybridized carbons (Fsp3) is 0.353. The van der Waals surface area contributed by atoms with Crippen LogP contribution in [0.15, 0.2) is 24.4 Å². The van der Waals surface area contributed by atoms with Gasteiger partial charge in [0.05, 0.1) is 12.7 Å². The summed E-state index contributed by atoms with van der Waals surface area (Å²) in [6.45, 7) is 5.58. The monoisotopic (exact) mass is 332 g/mol. The molecule has 0 fully saturated rings. The molecule has 1 aromatic carbocycles. The molecule has 2 aromatic rings. The van der Waals surface area contributed by atoms with Gasteiger partial charge < -0.3 is 19.8 Å². The molecule has 0 aliphatic rings. The number of methoxy groups -OCH3 is 1. The third-order valence-electron chi connectivity index (χ3n) is 3.20. The molecule has 0 saturated carbocycles. The predicted molar refractivity (Wildman–Crippen MR) is 87.7 cm³/mol. The zero-order chi connectivity index (χ0) is 17.9. The SMILES string of the molecule is COC(=O)C(=O)c1c[nH]c2ccc(CNC(=O)OC(C)(C)C)cc12. The summed E-state index contributed by atoms with van der Waals surface area (Å²) >= 11 is 0. The van der Waals surface area contributed by atoms with Gasteiger partial charge in [-0.2, -0.15) is 0 Å². The molecule has 1 amide bonds. The highest BCUT2D eigenvalue weighted by Gasteiger charge is 2.21. The largest absolute Gasteiger partial charge is 0.463 e.